The van der Waals surface area contributed by atoms with Crippen LogP contribution < -0.4 is 20.1 Å². The fourth-order valence-corrected chi connectivity index (χ4v) is 2.93. The summed E-state index contributed by atoms with van der Waals surface area (Å²) in [6.45, 7) is 3.99. The Morgan fingerprint density at radius 1 is 1.03 bits per heavy atom. The van der Waals surface area contributed by atoms with Gasteiger partial charge in [0.1, 0.15) is 11.5 Å². The van der Waals surface area contributed by atoms with Gasteiger partial charge in [-0.15, -0.1) is 0 Å². The van der Waals surface area contributed by atoms with Gasteiger partial charge in [0.25, 0.3) is 5.91 Å². The lowest BCUT2D eigenvalue weighted by Gasteiger charge is -2.10. The van der Waals surface area contributed by atoms with Crippen LogP contribution in [-0.2, 0) is 4.79 Å². The average Bonchev–Trinajstić information content (AvgIpc) is 3.29. The van der Waals surface area contributed by atoms with Crippen molar-refractivity contribution in [3.05, 3.63) is 58.4 Å². The van der Waals surface area contributed by atoms with Crippen LogP contribution in [-0.4, -0.2) is 48.8 Å². The van der Waals surface area contributed by atoms with E-state index >= 15 is 0 Å². The minimum absolute atomic E-state index is 0.149. The van der Waals surface area contributed by atoms with Crippen LogP contribution in [0.2, 0.25) is 5.02 Å². The first-order valence-electron chi connectivity index (χ1n) is 9.80. The molecular formula is C22H23ClN4O5. The van der Waals surface area contributed by atoms with Gasteiger partial charge in [-0.05, 0) is 61.4 Å². The maximum absolute atomic E-state index is 12.2. The molecule has 3 aromatic rings. The number of hydrogen-bond donors (Lipinski definition) is 2. The molecule has 32 heavy (non-hydrogen) atoms. The highest BCUT2D eigenvalue weighted by molar-refractivity contribution is 6.32. The smallest absolute Gasteiger partial charge is 0.316 e. The Balaban J connectivity index is 1.40. The highest BCUT2D eigenvalue weighted by Gasteiger charge is 2.16. The first-order chi connectivity index (χ1) is 15.4. The molecule has 0 fully saturated rings. The van der Waals surface area contributed by atoms with E-state index in [2.05, 4.69) is 20.8 Å². The van der Waals surface area contributed by atoms with Crippen LogP contribution >= 0.6 is 11.6 Å². The Hall–Kier alpha value is -3.59. The molecule has 0 unspecified atom stereocenters. The summed E-state index contributed by atoms with van der Waals surface area (Å²) >= 11 is 6.12. The van der Waals surface area contributed by atoms with E-state index < -0.39 is 5.91 Å². The summed E-state index contributed by atoms with van der Waals surface area (Å²) in [5, 5.41) is 9.75. The number of hydrogen-bond acceptors (Lipinski definition) is 7. The number of aryl methyl sites for hydroxylation is 2. The predicted octanol–water partition coefficient (Wildman–Crippen LogP) is 2.94. The quantitative estimate of drug-likeness (QED) is 0.473. The highest BCUT2D eigenvalue weighted by atomic mass is 35.5. The van der Waals surface area contributed by atoms with E-state index in [9.17, 15) is 9.59 Å². The van der Waals surface area contributed by atoms with Gasteiger partial charge in [-0.2, -0.15) is 4.98 Å². The molecule has 0 bridgehead atoms. The van der Waals surface area contributed by atoms with Crippen LogP contribution in [0.25, 0.3) is 11.4 Å². The minimum atomic E-state index is -0.533. The van der Waals surface area contributed by atoms with Crippen molar-refractivity contribution in [3.8, 4) is 22.9 Å². The fraction of sp³-hybridized carbons (Fsp3) is 0.273. The third-order valence-corrected chi connectivity index (χ3v) is 5.08. The van der Waals surface area contributed by atoms with E-state index in [0.29, 0.717) is 22.1 Å². The zero-order valence-electron chi connectivity index (χ0n) is 17.9. The average molecular weight is 459 g/mol. The van der Waals surface area contributed by atoms with Crippen LogP contribution in [0.5, 0.6) is 11.5 Å². The maximum Gasteiger partial charge on any atom is 0.316 e. The molecule has 2 aromatic carbocycles. The lowest BCUT2D eigenvalue weighted by Crippen LogP contribution is -2.36. The molecule has 0 aliphatic rings. The van der Waals surface area contributed by atoms with Crippen LogP contribution in [0.3, 0.4) is 0 Å². The number of nitrogens with one attached hydrogen (secondary N) is 2. The molecule has 1 aromatic heterocycles. The third kappa shape index (κ3) is 5.98. The van der Waals surface area contributed by atoms with E-state index in [-0.39, 0.29) is 37.3 Å². The van der Waals surface area contributed by atoms with Crippen LogP contribution in [0.15, 0.2) is 40.9 Å². The third-order valence-electron chi connectivity index (χ3n) is 4.48. The monoisotopic (exact) mass is 458 g/mol. The summed E-state index contributed by atoms with van der Waals surface area (Å²) in [4.78, 5) is 28.2. The Bertz CT molecular complexity index is 1070. The molecule has 0 radical (unpaired) electrons. The number of aromatic nitrogens is 2. The minimum Gasteiger partial charge on any atom is -0.497 e. The van der Waals surface area contributed by atoms with Gasteiger partial charge in [-0.25, -0.2) is 0 Å². The summed E-state index contributed by atoms with van der Waals surface area (Å²) in [5.41, 5.74) is 2.44. The van der Waals surface area contributed by atoms with Crippen molar-refractivity contribution in [1.29, 1.82) is 0 Å². The second-order valence-corrected chi connectivity index (χ2v) is 7.30. The van der Waals surface area contributed by atoms with Gasteiger partial charge < -0.3 is 24.6 Å². The van der Waals surface area contributed by atoms with Gasteiger partial charge in [0.2, 0.25) is 5.82 Å². The van der Waals surface area contributed by atoms with Gasteiger partial charge in [0, 0.05) is 23.7 Å². The molecule has 0 aliphatic heterocycles. The van der Waals surface area contributed by atoms with Crippen LogP contribution in [0.1, 0.15) is 21.8 Å². The van der Waals surface area contributed by atoms with Gasteiger partial charge in [-0.3, -0.25) is 9.59 Å². The second kappa shape index (κ2) is 10.6. The molecule has 10 heteroatoms. The largest absolute Gasteiger partial charge is 0.497 e. The number of halogens is 1. The van der Waals surface area contributed by atoms with Crippen LogP contribution in [0, 0.1) is 13.8 Å². The Labute approximate surface area is 190 Å². The number of rotatable bonds is 9. The molecule has 2 amide bonds. The summed E-state index contributed by atoms with van der Waals surface area (Å²) in [6.07, 6.45) is 0. The van der Waals surface area contributed by atoms with Gasteiger partial charge in [-0.1, -0.05) is 16.8 Å². The predicted molar refractivity (Wildman–Crippen MR) is 118 cm³/mol. The van der Waals surface area contributed by atoms with Crippen molar-refractivity contribution in [2.45, 2.75) is 13.8 Å². The molecular weight excluding hydrogens is 436 g/mol. The zero-order chi connectivity index (χ0) is 23.1. The molecule has 1 heterocycles. The van der Waals surface area contributed by atoms with E-state index in [0.717, 1.165) is 11.1 Å². The SMILES string of the molecule is COc1ccc(-c2noc(C(=O)NCCNC(=O)COc3cc(C)c(Cl)c(C)c3)n2)cc1. The van der Waals surface area contributed by atoms with E-state index in [1.54, 1.807) is 43.5 Å². The van der Waals surface area contributed by atoms with Crippen molar-refractivity contribution in [3.63, 3.8) is 0 Å². The number of benzene rings is 2. The number of methoxy groups -OCH3 is 1. The Morgan fingerprint density at radius 3 is 2.34 bits per heavy atom. The zero-order valence-corrected chi connectivity index (χ0v) is 18.7. The number of carbonyl (C=O) groups excluding carboxylic acids is 2. The van der Waals surface area contributed by atoms with Crippen molar-refractivity contribution < 1.29 is 23.6 Å². The topological polar surface area (TPSA) is 116 Å². The molecule has 9 nitrogen and oxygen atoms in total. The van der Waals surface area contributed by atoms with Gasteiger partial charge >= 0.3 is 11.8 Å². The summed E-state index contributed by atoms with van der Waals surface area (Å²) in [7, 11) is 1.57. The molecule has 168 valence electrons. The number of amides is 2. The van der Waals surface area contributed by atoms with Crippen LogP contribution in [0.4, 0.5) is 0 Å². The molecule has 3 rings (SSSR count). The van der Waals surface area contributed by atoms with Gasteiger partial charge in [0.05, 0.1) is 7.11 Å². The normalized spacial score (nSPS) is 10.5. The fourth-order valence-electron chi connectivity index (χ4n) is 2.82. The Morgan fingerprint density at radius 2 is 1.69 bits per heavy atom. The maximum atomic E-state index is 12.2. The molecule has 0 aliphatic carbocycles. The number of carbonyl (C=O) groups is 2. The van der Waals surface area contributed by atoms with E-state index in [4.69, 9.17) is 25.6 Å². The van der Waals surface area contributed by atoms with Crippen molar-refractivity contribution >= 4 is 23.4 Å². The second-order valence-electron chi connectivity index (χ2n) is 6.92. The molecule has 0 saturated carbocycles. The highest BCUT2D eigenvalue weighted by Crippen LogP contribution is 2.25. The molecule has 0 spiro atoms. The number of ether oxygens (including phenoxy) is 2. The summed E-state index contributed by atoms with van der Waals surface area (Å²) in [5.74, 6) is 0.534. The van der Waals surface area contributed by atoms with E-state index in [1.165, 1.54) is 0 Å². The Kier molecular flexibility index (Phi) is 7.67. The van der Waals surface area contributed by atoms with E-state index in [1.807, 2.05) is 13.8 Å². The number of nitrogens with zero attached hydrogens (tertiary/aromatic N) is 2. The van der Waals surface area contributed by atoms with Crippen molar-refractivity contribution in [1.82, 2.24) is 20.8 Å². The summed E-state index contributed by atoms with van der Waals surface area (Å²) < 4.78 is 15.6. The standard InChI is InChI=1S/C22H23ClN4O5/c1-13-10-17(11-14(2)19(13)23)31-12-18(28)24-8-9-25-21(29)22-26-20(27-32-22)15-4-6-16(30-3)7-5-15/h4-7,10-11H,8-9,12H2,1-3H3,(H,24,28)(H,25,29). The molecule has 0 saturated heterocycles. The molecule has 2 N–H and O–H groups in total. The lowest BCUT2D eigenvalue weighted by molar-refractivity contribution is -0.123. The lowest BCUT2D eigenvalue weighted by atomic mass is 10.1. The van der Waals surface area contributed by atoms with Gasteiger partial charge in [0.15, 0.2) is 6.61 Å². The first-order valence-corrected chi connectivity index (χ1v) is 10.2. The van der Waals surface area contributed by atoms with Crippen molar-refractivity contribution in [2.75, 3.05) is 26.8 Å². The first kappa shape index (κ1) is 23.1. The molecule has 0 atom stereocenters. The van der Waals surface area contributed by atoms with Crippen molar-refractivity contribution in [2.24, 2.45) is 0 Å². The summed E-state index contributed by atoms with van der Waals surface area (Å²) in [6, 6.07) is 10.6.